The van der Waals surface area contributed by atoms with Gasteiger partial charge >= 0.3 is 0 Å². The Morgan fingerprint density at radius 1 is 1.00 bits per heavy atom. The van der Waals surface area contributed by atoms with Gasteiger partial charge in [0.15, 0.2) is 0 Å². The molecule has 0 saturated carbocycles. The molecule has 0 atom stereocenters. The lowest BCUT2D eigenvalue weighted by molar-refractivity contribution is 0.241. The highest BCUT2D eigenvalue weighted by atomic mass is 32.2. The summed E-state index contributed by atoms with van der Waals surface area (Å²) in [6, 6.07) is 8.83. The highest BCUT2D eigenvalue weighted by molar-refractivity contribution is 8.13. The predicted molar refractivity (Wildman–Crippen MR) is 108 cm³/mol. The lowest BCUT2D eigenvalue weighted by Gasteiger charge is -2.17. The molecule has 2 aromatic carbocycles. The molecule has 0 heterocycles. The van der Waals surface area contributed by atoms with Gasteiger partial charge in [0.05, 0.1) is 4.90 Å². The third-order valence-corrected chi connectivity index (χ3v) is 6.91. The smallest absolute Gasteiger partial charge is 0.285 e. The first-order chi connectivity index (χ1) is 12.0. The Hall–Kier alpha value is -1.99. The molecule has 0 bridgehead atoms. The van der Waals surface area contributed by atoms with Crippen LogP contribution in [-0.2, 0) is 10.0 Å². The normalized spacial score (nSPS) is 11.3. The summed E-state index contributed by atoms with van der Waals surface area (Å²) in [6.45, 7) is 7.45. The van der Waals surface area contributed by atoms with Crippen LogP contribution in [0.1, 0.15) is 22.3 Å². The van der Waals surface area contributed by atoms with Gasteiger partial charge in [-0.2, -0.15) is 0 Å². The molecule has 0 radical (unpaired) electrons. The Balaban J connectivity index is 2.38. The van der Waals surface area contributed by atoms with E-state index >= 15 is 0 Å². The lowest BCUT2D eigenvalue weighted by atomic mass is 10.0. The summed E-state index contributed by atoms with van der Waals surface area (Å²) in [4.78, 5) is 14.3. The van der Waals surface area contributed by atoms with E-state index in [0.717, 1.165) is 34.0 Å². The van der Waals surface area contributed by atoms with Crippen LogP contribution < -0.4 is 4.72 Å². The van der Waals surface area contributed by atoms with Crippen molar-refractivity contribution in [2.75, 3.05) is 18.8 Å². The zero-order chi connectivity index (χ0) is 19.6. The molecule has 0 unspecified atom stereocenters. The summed E-state index contributed by atoms with van der Waals surface area (Å²) in [6.07, 6.45) is 0. The number of amides is 1. The molecule has 5 nitrogen and oxygen atoms in total. The molecule has 0 fully saturated rings. The van der Waals surface area contributed by atoms with E-state index < -0.39 is 10.0 Å². The summed E-state index contributed by atoms with van der Waals surface area (Å²) < 4.78 is 28.6. The van der Waals surface area contributed by atoms with Crippen LogP contribution in [0.4, 0.5) is 10.5 Å². The Labute approximate surface area is 159 Å². The fourth-order valence-electron chi connectivity index (χ4n) is 2.61. The number of carbonyl (C=O) groups excluding carboxylic acids is 1. The number of carbonyl (C=O) groups is 1. The molecule has 140 valence electrons. The van der Waals surface area contributed by atoms with Gasteiger partial charge in [-0.05, 0) is 79.9 Å². The van der Waals surface area contributed by atoms with Crippen LogP contribution in [0.5, 0.6) is 0 Å². The molecule has 1 amide bonds. The number of anilines is 1. The minimum Gasteiger partial charge on any atom is -0.339 e. The van der Waals surface area contributed by atoms with E-state index in [9.17, 15) is 13.2 Å². The summed E-state index contributed by atoms with van der Waals surface area (Å²) in [5.74, 6) is 0. The predicted octanol–water partition coefficient (Wildman–Crippen LogP) is 4.49. The Morgan fingerprint density at radius 2 is 1.58 bits per heavy atom. The van der Waals surface area contributed by atoms with Crippen molar-refractivity contribution in [2.45, 2.75) is 37.5 Å². The molecular weight excluding hydrogens is 368 g/mol. The average molecular weight is 393 g/mol. The van der Waals surface area contributed by atoms with Crippen LogP contribution in [0.15, 0.2) is 40.1 Å². The number of sulfonamides is 1. The number of hydrogen-bond donors (Lipinski definition) is 1. The molecule has 0 spiro atoms. The van der Waals surface area contributed by atoms with Gasteiger partial charge in [-0.15, -0.1) is 0 Å². The first kappa shape index (κ1) is 20.3. The standard InChI is InChI=1S/C19H24N2O3S2/c1-12-10-13(2)15(4)18(14(12)3)26(23,24)20-16-8-7-9-17(11-16)25-19(22)21(5)6/h7-11,20H,1-6H3. The van der Waals surface area contributed by atoms with Crippen molar-refractivity contribution in [2.24, 2.45) is 0 Å². The molecule has 2 rings (SSSR count). The summed E-state index contributed by atoms with van der Waals surface area (Å²) >= 11 is 1.05. The van der Waals surface area contributed by atoms with Crippen molar-refractivity contribution in [3.05, 3.63) is 52.6 Å². The van der Waals surface area contributed by atoms with Crippen LogP contribution in [-0.4, -0.2) is 32.7 Å². The Kier molecular flexibility index (Phi) is 6.03. The fourth-order valence-corrected chi connectivity index (χ4v) is 4.99. The maximum absolute atomic E-state index is 13.0. The maximum atomic E-state index is 13.0. The van der Waals surface area contributed by atoms with Crippen molar-refractivity contribution in [1.82, 2.24) is 4.90 Å². The third kappa shape index (κ3) is 4.40. The second-order valence-corrected chi connectivity index (χ2v) is 9.13. The third-order valence-electron chi connectivity index (χ3n) is 4.22. The van der Waals surface area contributed by atoms with Crippen LogP contribution in [0, 0.1) is 27.7 Å². The van der Waals surface area contributed by atoms with E-state index in [1.165, 1.54) is 4.90 Å². The highest BCUT2D eigenvalue weighted by Crippen LogP contribution is 2.29. The lowest BCUT2D eigenvalue weighted by Crippen LogP contribution is -2.17. The van der Waals surface area contributed by atoms with E-state index in [0.29, 0.717) is 15.5 Å². The zero-order valence-electron chi connectivity index (χ0n) is 15.9. The fraction of sp³-hybridized carbons (Fsp3) is 0.316. The van der Waals surface area contributed by atoms with Gasteiger partial charge in [-0.25, -0.2) is 8.42 Å². The largest absolute Gasteiger partial charge is 0.339 e. The van der Waals surface area contributed by atoms with Gasteiger partial charge in [0.1, 0.15) is 0 Å². The number of nitrogens with zero attached hydrogens (tertiary/aromatic N) is 1. The van der Waals surface area contributed by atoms with Crippen molar-refractivity contribution in [1.29, 1.82) is 0 Å². The summed E-state index contributed by atoms with van der Waals surface area (Å²) in [5, 5.41) is -0.119. The number of benzene rings is 2. The van der Waals surface area contributed by atoms with Crippen LogP contribution >= 0.6 is 11.8 Å². The maximum Gasteiger partial charge on any atom is 0.285 e. The van der Waals surface area contributed by atoms with Gasteiger partial charge in [-0.1, -0.05) is 12.1 Å². The minimum absolute atomic E-state index is 0.119. The zero-order valence-corrected chi connectivity index (χ0v) is 17.5. The van der Waals surface area contributed by atoms with Gasteiger partial charge in [0, 0.05) is 24.7 Å². The van der Waals surface area contributed by atoms with Crippen molar-refractivity contribution in [3.8, 4) is 0 Å². The average Bonchev–Trinajstić information content (AvgIpc) is 2.52. The van der Waals surface area contributed by atoms with E-state index in [-0.39, 0.29) is 5.24 Å². The number of hydrogen-bond acceptors (Lipinski definition) is 4. The van der Waals surface area contributed by atoms with Crippen molar-refractivity contribution in [3.63, 3.8) is 0 Å². The highest BCUT2D eigenvalue weighted by Gasteiger charge is 2.22. The number of nitrogens with one attached hydrogen (secondary N) is 1. The van der Waals surface area contributed by atoms with E-state index in [4.69, 9.17) is 0 Å². The van der Waals surface area contributed by atoms with Crippen LogP contribution in [0.3, 0.4) is 0 Å². The minimum atomic E-state index is -3.74. The second kappa shape index (κ2) is 7.72. The Morgan fingerprint density at radius 3 is 2.12 bits per heavy atom. The SMILES string of the molecule is Cc1cc(C)c(C)c(S(=O)(=O)Nc2cccc(SC(=O)N(C)C)c2)c1C. The van der Waals surface area contributed by atoms with Gasteiger partial charge in [0.25, 0.3) is 15.3 Å². The number of aryl methyl sites for hydroxylation is 2. The van der Waals surface area contributed by atoms with Crippen molar-refractivity contribution < 1.29 is 13.2 Å². The van der Waals surface area contributed by atoms with Gasteiger partial charge in [-0.3, -0.25) is 9.52 Å². The molecule has 0 aromatic heterocycles. The summed E-state index contributed by atoms with van der Waals surface area (Å²) in [7, 11) is -0.388. The van der Waals surface area contributed by atoms with Crippen LogP contribution in [0.25, 0.3) is 0 Å². The Bertz CT molecular complexity index is 925. The molecule has 26 heavy (non-hydrogen) atoms. The molecule has 7 heteroatoms. The topological polar surface area (TPSA) is 66.5 Å². The van der Waals surface area contributed by atoms with Gasteiger partial charge < -0.3 is 4.90 Å². The first-order valence-electron chi connectivity index (χ1n) is 8.12. The van der Waals surface area contributed by atoms with Gasteiger partial charge in [0.2, 0.25) is 0 Å². The molecule has 0 aliphatic carbocycles. The first-order valence-corrected chi connectivity index (χ1v) is 10.4. The summed E-state index contributed by atoms with van der Waals surface area (Å²) in [5.41, 5.74) is 3.80. The number of rotatable bonds is 4. The quantitative estimate of drug-likeness (QED) is 0.778. The van der Waals surface area contributed by atoms with Crippen molar-refractivity contribution >= 4 is 32.7 Å². The second-order valence-electron chi connectivity index (χ2n) is 6.49. The number of thioether (sulfide) groups is 1. The molecular formula is C19H24N2O3S2. The molecule has 0 aliphatic heterocycles. The molecule has 1 N–H and O–H groups in total. The molecule has 2 aromatic rings. The van der Waals surface area contributed by atoms with Crippen LogP contribution in [0.2, 0.25) is 0 Å². The van der Waals surface area contributed by atoms with E-state index in [1.54, 1.807) is 38.4 Å². The molecule has 0 saturated heterocycles. The monoisotopic (exact) mass is 392 g/mol. The molecule has 0 aliphatic rings. The van der Waals surface area contributed by atoms with E-state index in [1.807, 2.05) is 33.8 Å². The van der Waals surface area contributed by atoms with E-state index in [2.05, 4.69) is 4.72 Å².